The molecule has 0 atom stereocenters. The molecule has 2 nitrogen and oxygen atoms in total. The molecule has 0 aliphatic rings. The van der Waals surface area contributed by atoms with E-state index in [0.717, 1.165) is 6.54 Å². The van der Waals surface area contributed by atoms with E-state index in [-0.39, 0.29) is 5.78 Å². The first-order chi connectivity index (χ1) is 7.00. The van der Waals surface area contributed by atoms with Gasteiger partial charge < -0.3 is 5.32 Å². The van der Waals surface area contributed by atoms with Gasteiger partial charge in [-0.05, 0) is 44.4 Å². The van der Waals surface area contributed by atoms with Crippen molar-refractivity contribution in [1.82, 2.24) is 5.32 Å². The lowest BCUT2D eigenvalue weighted by Crippen LogP contribution is -2.21. The van der Waals surface area contributed by atoms with Crippen molar-refractivity contribution in [3.8, 4) is 0 Å². The maximum atomic E-state index is 10.8. The summed E-state index contributed by atoms with van der Waals surface area (Å²) in [6, 6.07) is 4.36. The largest absolute Gasteiger partial charge is 0.306 e. The number of Topliss-reactive ketones (excluding diaryl/α,β-unsaturated/α-hetero) is 1. The van der Waals surface area contributed by atoms with E-state index in [2.05, 4.69) is 38.2 Å². The molecule has 0 aliphatic heterocycles. The van der Waals surface area contributed by atoms with E-state index in [0.29, 0.717) is 6.54 Å². The summed E-state index contributed by atoms with van der Waals surface area (Å²) in [4.78, 5) is 10.8. The van der Waals surface area contributed by atoms with E-state index < -0.39 is 0 Å². The lowest BCUT2D eigenvalue weighted by atomic mass is 10.00. The fourth-order valence-electron chi connectivity index (χ4n) is 1.85. The van der Waals surface area contributed by atoms with Crippen molar-refractivity contribution in [3.05, 3.63) is 34.4 Å². The highest BCUT2D eigenvalue weighted by Gasteiger charge is 2.03. The summed E-state index contributed by atoms with van der Waals surface area (Å²) >= 11 is 0. The highest BCUT2D eigenvalue weighted by Crippen LogP contribution is 2.15. The van der Waals surface area contributed by atoms with E-state index >= 15 is 0 Å². The van der Waals surface area contributed by atoms with Crippen LogP contribution in [0.4, 0.5) is 0 Å². The van der Waals surface area contributed by atoms with Gasteiger partial charge in [-0.25, -0.2) is 0 Å². The topological polar surface area (TPSA) is 29.1 Å². The van der Waals surface area contributed by atoms with Gasteiger partial charge in [0.1, 0.15) is 5.78 Å². The van der Waals surface area contributed by atoms with Crippen molar-refractivity contribution in [2.24, 2.45) is 0 Å². The molecule has 1 aromatic carbocycles. The molecule has 1 N–H and O–H groups in total. The number of hydrogen-bond donors (Lipinski definition) is 1. The van der Waals surface area contributed by atoms with Crippen LogP contribution in [-0.2, 0) is 11.3 Å². The third-order valence-electron chi connectivity index (χ3n) is 2.52. The zero-order valence-corrected chi connectivity index (χ0v) is 9.98. The number of rotatable bonds is 4. The molecule has 0 bridgehead atoms. The predicted octanol–water partition coefficient (Wildman–Crippen LogP) is 2.29. The van der Waals surface area contributed by atoms with Gasteiger partial charge in [0.25, 0.3) is 0 Å². The van der Waals surface area contributed by atoms with E-state index in [1.165, 1.54) is 22.3 Å². The van der Waals surface area contributed by atoms with Crippen LogP contribution >= 0.6 is 0 Å². The Morgan fingerprint density at radius 2 is 1.73 bits per heavy atom. The van der Waals surface area contributed by atoms with Crippen LogP contribution in [0.2, 0.25) is 0 Å². The van der Waals surface area contributed by atoms with Gasteiger partial charge >= 0.3 is 0 Å². The molecule has 2 heteroatoms. The van der Waals surface area contributed by atoms with Crippen molar-refractivity contribution in [3.63, 3.8) is 0 Å². The summed E-state index contributed by atoms with van der Waals surface area (Å²) < 4.78 is 0. The summed E-state index contributed by atoms with van der Waals surface area (Å²) in [5, 5.41) is 3.15. The normalized spacial score (nSPS) is 10.4. The minimum absolute atomic E-state index is 0.178. The van der Waals surface area contributed by atoms with Gasteiger partial charge in [0.05, 0.1) is 6.54 Å². The minimum Gasteiger partial charge on any atom is -0.306 e. The van der Waals surface area contributed by atoms with Crippen molar-refractivity contribution in [1.29, 1.82) is 0 Å². The van der Waals surface area contributed by atoms with Crippen LogP contribution < -0.4 is 5.32 Å². The Kier molecular flexibility index (Phi) is 4.04. The van der Waals surface area contributed by atoms with E-state index in [1.54, 1.807) is 6.92 Å². The maximum absolute atomic E-state index is 10.8. The standard InChI is InChI=1S/C13H19NO/c1-9-5-10(2)13(11(3)6-9)8-14-7-12(4)15/h5-6,14H,7-8H2,1-4H3. The molecule has 0 heterocycles. The number of carbonyl (C=O) groups excluding carboxylic acids is 1. The Morgan fingerprint density at radius 1 is 1.20 bits per heavy atom. The Bertz CT molecular complexity index is 346. The van der Waals surface area contributed by atoms with E-state index in [1.807, 2.05) is 0 Å². The second-order valence-electron chi connectivity index (χ2n) is 4.18. The van der Waals surface area contributed by atoms with Gasteiger partial charge in [-0.3, -0.25) is 4.79 Å². The van der Waals surface area contributed by atoms with Gasteiger partial charge in [0, 0.05) is 6.54 Å². The minimum atomic E-state index is 0.178. The predicted molar refractivity (Wildman–Crippen MR) is 63.0 cm³/mol. The fraction of sp³-hybridized carbons (Fsp3) is 0.462. The smallest absolute Gasteiger partial charge is 0.143 e. The quantitative estimate of drug-likeness (QED) is 0.817. The SMILES string of the molecule is CC(=O)CNCc1c(C)cc(C)cc1C. The molecule has 0 radical (unpaired) electrons. The second-order valence-corrected chi connectivity index (χ2v) is 4.18. The third-order valence-corrected chi connectivity index (χ3v) is 2.52. The van der Waals surface area contributed by atoms with Crippen LogP contribution in [0.5, 0.6) is 0 Å². The number of benzene rings is 1. The molecule has 0 fully saturated rings. The molecule has 0 spiro atoms. The van der Waals surface area contributed by atoms with Crippen LogP contribution in [0.3, 0.4) is 0 Å². The van der Waals surface area contributed by atoms with Gasteiger partial charge in [-0.1, -0.05) is 17.7 Å². The zero-order chi connectivity index (χ0) is 11.4. The van der Waals surface area contributed by atoms with Crippen molar-refractivity contribution >= 4 is 5.78 Å². The summed E-state index contributed by atoms with van der Waals surface area (Å²) in [6.07, 6.45) is 0. The van der Waals surface area contributed by atoms with Crippen LogP contribution in [-0.4, -0.2) is 12.3 Å². The molecular weight excluding hydrogens is 186 g/mol. The molecule has 0 saturated carbocycles. The molecule has 82 valence electrons. The molecule has 1 aromatic rings. The first-order valence-electron chi connectivity index (χ1n) is 5.27. The van der Waals surface area contributed by atoms with Crippen LogP contribution in [0.1, 0.15) is 29.2 Å². The Labute approximate surface area is 91.7 Å². The van der Waals surface area contributed by atoms with Crippen LogP contribution in [0, 0.1) is 20.8 Å². The second kappa shape index (κ2) is 5.08. The molecule has 0 unspecified atom stereocenters. The molecule has 0 amide bonds. The summed E-state index contributed by atoms with van der Waals surface area (Å²) in [5.41, 5.74) is 5.19. The Balaban J connectivity index is 2.72. The lowest BCUT2D eigenvalue weighted by molar-refractivity contribution is -0.116. The Hall–Kier alpha value is -1.15. The average molecular weight is 205 g/mol. The van der Waals surface area contributed by atoms with Gasteiger partial charge in [0.15, 0.2) is 0 Å². The monoisotopic (exact) mass is 205 g/mol. The van der Waals surface area contributed by atoms with Crippen molar-refractivity contribution in [2.45, 2.75) is 34.2 Å². The first kappa shape index (κ1) is 11.9. The number of aryl methyl sites for hydroxylation is 3. The fourth-order valence-corrected chi connectivity index (χ4v) is 1.85. The van der Waals surface area contributed by atoms with E-state index in [4.69, 9.17) is 0 Å². The van der Waals surface area contributed by atoms with Crippen molar-refractivity contribution < 1.29 is 4.79 Å². The third kappa shape index (κ3) is 3.48. The summed E-state index contributed by atoms with van der Waals surface area (Å²) in [6.45, 7) is 9.16. The molecule has 15 heavy (non-hydrogen) atoms. The Morgan fingerprint density at radius 3 is 2.20 bits per heavy atom. The summed E-state index contributed by atoms with van der Waals surface area (Å²) in [5.74, 6) is 0.178. The lowest BCUT2D eigenvalue weighted by Gasteiger charge is -2.11. The number of nitrogens with one attached hydrogen (secondary N) is 1. The highest BCUT2D eigenvalue weighted by molar-refractivity contribution is 5.77. The summed E-state index contributed by atoms with van der Waals surface area (Å²) in [7, 11) is 0. The molecule has 0 aliphatic carbocycles. The van der Waals surface area contributed by atoms with E-state index in [9.17, 15) is 4.79 Å². The highest BCUT2D eigenvalue weighted by atomic mass is 16.1. The molecule has 0 aromatic heterocycles. The first-order valence-corrected chi connectivity index (χ1v) is 5.27. The van der Waals surface area contributed by atoms with Crippen molar-refractivity contribution in [2.75, 3.05) is 6.54 Å². The van der Waals surface area contributed by atoms with Crippen LogP contribution in [0.25, 0.3) is 0 Å². The van der Waals surface area contributed by atoms with Gasteiger partial charge in [-0.15, -0.1) is 0 Å². The molecule has 0 saturated heterocycles. The number of ketones is 1. The molecule has 1 rings (SSSR count). The van der Waals surface area contributed by atoms with Gasteiger partial charge in [-0.2, -0.15) is 0 Å². The number of carbonyl (C=O) groups is 1. The number of hydrogen-bond acceptors (Lipinski definition) is 2. The maximum Gasteiger partial charge on any atom is 0.143 e. The average Bonchev–Trinajstić information content (AvgIpc) is 2.08. The zero-order valence-electron chi connectivity index (χ0n) is 9.98. The van der Waals surface area contributed by atoms with Crippen LogP contribution in [0.15, 0.2) is 12.1 Å². The van der Waals surface area contributed by atoms with Gasteiger partial charge in [0.2, 0.25) is 0 Å². The molecular formula is C13H19NO.